The van der Waals surface area contributed by atoms with Crippen LogP contribution in [0.2, 0.25) is 5.02 Å². The first-order chi connectivity index (χ1) is 11.1. The second kappa shape index (κ2) is 6.40. The predicted molar refractivity (Wildman–Crippen MR) is 89.4 cm³/mol. The molecule has 118 valence electrons. The number of benzene rings is 1. The average Bonchev–Trinajstić information content (AvgIpc) is 2.57. The third-order valence-electron chi connectivity index (χ3n) is 3.67. The van der Waals surface area contributed by atoms with Gasteiger partial charge >= 0.3 is 0 Å². The van der Waals surface area contributed by atoms with Crippen LogP contribution in [0.3, 0.4) is 0 Å². The van der Waals surface area contributed by atoms with E-state index in [9.17, 15) is 9.90 Å². The van der Waals surface area contributed by atoms with Gasteiger partial charge in [-0.15, -0.1) is 0 Å². The monoisotopic (exact) mass is 330 g/mol. The molecule has 2 aromatic heterocycles. The molecule has 0 saturated carbocycles. The molecule has 0 spiro atoms. The minimum absolute atomic E-state index is 0.0507. The van der Waals surface area contributed by atoms with Crippen LogP contribution in [-0.2, 0) is 6.42 Å². The molecule has 0 aliphatic heterocycles. The molecule has 2 N–H and O–H groups in total. The van der Waals surface area contributed by atoms with E-state index in [1.165, 1.54) is 4.57 Å². The topological polar surface area (TPSA) is 75.3 Å². The Hall–Kier alpha value is -2.37. The van der Waals surface area contributed by atoms with E-state index in [1.807, 2.05) is 0 Å². The molecule has 0 aliphatic carbocycles. The zero-order chi connectivity index (χ0) is 16.4. The standard InChI is InChI=1S/C17H15ClN2O3/c18-11-5-7-12(8-6-11)20-16-13(3-1-9-19-16)15(22)14(17(20)23)4-2-10-21/h1,3,5-9,21-22H,2,4,10H2. The molecular formula is C17H15ClN2O3. The van der Waals surface area contributed by atoms with Gasteiger partial charge in [-0.05, 0) is 49.2 Å². The minimum atomic E-state index is -0.343. The summed E-state index contributed by atoms with van der Waals surface area (Å²) in [4.78, 5) is 17.1. The van der Waals surface area contributed by atoms with E-state index in [-0.39, 0.29) is 23.5 Å². The summed E-state index contributed by atoms with van der Waals surface area (Å²) in [6.07, 6.45) is 2.26. The molecular weight excluding hydrogens is 316 g/mol. The summed E-state index contributed by atoms with van der Waals surface area (Å²) in [5.41, 5.74) is 0.928. The van der Waals surface area contributed by atoms with E-state index in [4.69, 9.17) is 16.7 Å². The molecule has 2 heterocycles. The van der Waals surface area contributed by atoms with Crippen molar-refractivity contribution in [2.45, 2.75) is 12.8 Å². The lowest BCUT2D eigenvalue weighted by Crippen LogP contribution is -2.24. The Balaban J connectivity index is 2.35. The van der Waals surface area contributed by atoms with Crippen molar-refractivity contribution in [3.05, 3.63) is 63.5 Å². The summed E-state index contributed by atoms with van der Waals surface area (Å²) < 4.78 is 1.46. The third kappa shape index (κ3) is 2.81. The lowest BCUT2D eigenvalue weighted by Gasteiger charge is -2.14. The minimum Gasteiger partial charge on any atom is -0.507 e. The Morgan fingerprint density at radius 2 is 1.91 bits per heavy atom. The predicted octanol–water partition coefficient (Wildman–Crippen LogP) is 2.67. The van der Waals surface area contributed by atoms with Gasteiger partial charge in [0.2, 0.25) is 0 Å². The van der Waals surface area contributed by atoms with Crippen LogP contribution in [0.4, 0.5) is 0 Å². The second-order valence-corrected chi connectivity index (χ2v) is 5.58. The summed E-state index contributed by atoms with van der Waals surface area (Å²) in [7, 11) is 0. The van der Waals surface area contributed by atoms with Crippen LogP contribution in [0.15, 0.2) is 47.4 Å². The van der Waals surface area contributed by atoms with Crippen LogP contribution in [0.25, 0.3) is 16.7 Å². The fraction of sp³-hybridized carbons (Fsp3) is 0.176. The summed E-state index contributed by atoms with van der Waals surface area (Å²) in [6.45, 7) is -0.0507. The van der Waals surface area contributed by atoms with Gasteiger partial charge in [0.05, 0.1) is 16.6 Å². The Morgan fingerprint density at radius 1 is 1.17 bits per heavy atom. The van der Waals surface area contributed by atoms with Crippen molar-refractivity contribution >= 4 is 22.6 Å². The smallest absolute Gasteiger partial charge is 0.263 e. The maximum Gasteiger partial charge on any atom is 0.263 e. The molecule has 5 nitrogen and oxygen atoms in total. The number of halogens is 1. The van der Waals surface area contributed by atoms with E-state index in [0.717, 1.165) is 0 Å². The van der Waals surface area contributed by atoms with Gasteiger partial charge in [0.1, 0.15) is 5.75 Å². The summed E-state index contributed by atoms with van der Waals surface area (Å²) in [6, 6.07) is 10.3. The van der Waals surface area contributed by atoms with Crippen molar-refractivity contribution in [3.63, 3.8) is 0 Å². The molecule has 3 rings (SSSR count). The molecule has 6 heteroatoms. The number of nitrogens with zero attached hydrogens (tertiary/aromatic N) is 2. The van der Waals surface area contributed by atoms with Gasteiger partial charge in [0.25, 0.3) is 5.56 Å². The van der Waals surface area contributed by atoms with E-state index in [0.29, 0.717) is 34.6 Å². The molecule has 0 aliphatic rings. The van der Waals surface area contributed by atoms with Gasteiger partial charge in [-0.1, -0.05) is 11.6 Å². The van der Waals surface area contributed by atoms with Crippen molar-refractivity contribution in [2.24, 2.45) is 0 Å². The maximum absolute atomic E-state index is 12.8. The number of fused-ring (bicyclic) bond motifs is 1. The molecule has 1 aromatic carbocycles. The van der Waals surface area contributed by atoms with Gasteiger partial charge < -0.3 is 10.2 Å². The summed E-state index contributed by atoms with van der Waals surface area (Å²) in [5, 5.41) is 20.5. The number of hydrogen-bond acceptors (Lipinski definition) is 4. The number of aromatic nitrogens is 2. The Kier molecular flexibility index (Phi) is 4.32. The molecule has 0 fully saturated rings. The third-order valence-corrected chi connectivity index (χ3v) is 3.92. The van der Waals surface area contributed by atoms with Gasteiger partial charge in [0.15, 0.2) is 5.65 Å². The quantitative estimate of drug-likeness (QED) is 0.771. The molecule has 23 heavy (non-hydrogen) atoms. The van der Waals surface area contributed by atoms with Gasteiger partial charge in [-0.25, -0.2) is 4.98 Å². The van der Waals surface area contributed by atoms with Crippen molar-refractivity contribution in [2.75, 3.05) is 6.61 Å². The number of hydrogen-bond donors (Lipinski definition) is 2. The number of rotatable bonds is 4. The van der Waals surface area contributed by atoms with Crippen LogP contribution in [0.1, 0.15) is 12.0 Å². The first-order valence-corrected chi connectivity index (χ1v) is 7.59. The fourth-order valence-electron chi connectivity index (χ4n) is 2.57. The van der Waals surface area contributed by atoms with E-state index in [1.54, 1.807) is 42.6 Å². The lowest BCUT2D eigenvalue weighted by atomic mass is 10.1. The van der Waals surface area contributed by atoms with Crippen molar-refractivity contribution in [1.29, 1.82) is 0 Å². The average molecular weight is 331 g/mol. The Morgan fingerprint density at radius 3 is 2.61 bits per heavy atom. The summed E-state index contributed by atoms with van der Waals surface area (Å²) in [5.74, 6) is -0.0724. The van der Waals surface area contributed by atoms with Gasteiger partial charge in [0, 0.05) is 17.8 Å². The van der Waals surface area contributed by atoms with E-state index >= 15 is 0 Å². The molecule has 3 aromatic rings. The normalized spacial score (nSPS) is 11.0. The SMILES string of the molecule is O=c1c(CCCO)c(O)c2cccnc2n1-c1ccc(Cl)cc1. The Bertz CT molecular complexity index is 904. The second-order valence-electron chi connectivity index (χ2n) is 5.15. The number of aromatic hydroxyl groups is 1. The first kappa shape index (κ1) is 15.5. The lowest BCUT2D eigenvalue weighted by molar-refractivity contribution is 0.288. The molecule has 0 saturated heterocycles. The first-order valence-electron chi connectivity index (χ1n) is 7.22. The van der Waals surface area contributed by atoms with Gasteiger partial charge in [-0.2, -0.15) is 0 Å². The molecule has 0 atom stereocenters. The zero-order valence-electron chi connectivity index (χ0n) is 12.2. The molecule has 0 bridgehead atoms. The highest BCUT2D eigenvalue weighted by Gasteiger charge is 2.17. The molecule has 0 radical (unpaired) electrons. The van der Waals surface area contributed by atoms with E-state index < -0.39 is 0 Å². The van der Waals surface area contributed by atoms with Crippen LogP contribution >= 0.6 is 11.6 Å². The number of pyridine rings is 2. The molecule has 0 unspecified atom stereocenters. The highest BCUT2D eigenvalue weighted by molar-refractivity contribution is 6.30. The van der Waals surface area contributed by atoms with Crippen molar-refractivity contribution < 1.29 is 10.2 Å². The van der Waals surface area contributed by atoms with Crippen LogP contribution in [0.5, 0.6) is 5.75 Å². The van der Waals surface area contributed by atoms with Crippen molar-refractivity contribution in [1.82, 2.24) is 9.55 Å². The Labute approximate surface area is 137 Å². The highest BCUT2D eigenvalue weighted by Crippen LogP contribution is 2.27. The number of aliphatic hydroxyl groups is 1. The zero-order valence-corrected chi connectivity index (χ0v) is 13.0. The highest BCUT2D eigenvalue weighted by atomic mass is 35.5. The largest absolute Gasteiger partial charge is 0.507 e. The molecule has 0 amide bonds. The van der Waals surface area contributed by atoms with Gasteiger partial charge in [-0.3, -0.25) is 9.36 Å². The maximum atomic E-state index is 12.8. The number of aliphatic hydroxyl groups excluding tert-OH is 1. The van der Waals surface area contributed by atoms with E-state index in [2.05, 4.69) is 4.98 Å². The fourth-order valence-corrected chi connectivity index (χ4v) is 2.69. The summed E-state index contributed by atoms with van der Waals surface area (Å²) >= 11 is 5.91. The van der Waals surface area contributed by atoms with Crippen LogP contribution in [0, 0.1) is 0 Å². The van der Waals surface area contributed by atoms with Crippen molar-refractivity contribution in [3.8, 4) is 11.4 Å². The van der Waals surface area contributed by atoms with Crippen LogP contribution < -0.4 is 5.56 Å². The van der Waals surface area contributed by atoms with Crippen LogP contribution in [-0.4, -0.2) is 26.4 Å².